The van der Waals surface area contributed by atoms with Crippen LogP contribution in [0, 0.1) is 28.6 Å². The molecule has 0 aromatic rings. The van der Waals surface area contributed by atoms with Gasteiger partial charge in [0.1, 0.15) is 11.7 Å². The summed E-state index contributed by atoms with van der Waals surface area (Å²) in [5.41, 5.74) is -4.69. The monoisotopic (exact) mass is 616 g/mol. The van der Waals surface area contributed by atoms with Gasteiger partial charge in [-0.15, -0.1) is 0 Å². The largest absolute Gasteiger partial charge is 0.458 e. The summed E-state index contributed by atoms with van der Waals surface area (Å²) in [5.74, 6) is -2.84. The minimum Gasteiger partial charge on any atom is -0.458 e. The number of ether oxygens (including phenoxy) is 2. The van der Waals surface area contributed by atoms with E-state index in [0.717, 1.165) is 32.1 Å². The topological polar surface area (TPSA) is 130 Å². The van der Waals surface area contributed by atoms with Crippen LogP contribution < -0.4 is 0 Å². The fraction of sp³-hybridized carbons (Fsp3) is 0.806. The maximum atomic E-state index is 14.8. The Bertz CT molecular complexity index is 1150. The molecule has 8 atom stereocenters. The number of carbonyl (C=O) groups excluding carboxylic acids is 3. The molecule has 0 aliphatic heterocycles. The molecule has 0 unspecified atom stereocenters. The number of allylic oxidation sites excluding steroid dienone is 1. The van der Waals surface area contributed by atoms with Gasteiger partial charge >= 0.3 is 11.9 Å². The molecule has 1 spiro atoms. The molecule has 0 heterocycles. The number of fused-ring (bicyclic) bond motifs is 3. The normalized spacial score (nSPS) is 36.8. The van der Waals surface area contributed by atoms with Crippen LogP contribution in [0.5, 0.6) is 0 Å². The van der Waals surface area contributed by atoms with Gasteiger partial charge in [0, 0.05) is 30.1 Å². The Kier molecular flexibility index (Phi) is 10.6. The molecule has 0 radical (unpaired) electrons. The lowest BCUT2D eigenvalue weighted by Crippen LogP contribution is -2.66. The minimum atomic E-state index is -2.22. The number of rotatable bonds is 15. The molecule has 0 aromatic carbocycles. The molecule has 8 heteroatoms. The van der Waals surface area contributed by atoms with Crippen LogP contribution in [0.15, 0.2) is 23.3 Å². The van der Waals surface area contributed by atoms with Gasteiger partial charge in [0.25, 0.3) is 0 Å². The average molecular weight is 617 g/mol. The van der Waals surface area contributed by atoms with Crippen molar-refractivity contribution in [2.75, 3.05) is 6.61 Å². The summed E-state index contributed by atoms with van der Waals surface area (Å²) in [7, 11) is 0. The van der Waals surface area contributed by atoms with E-state index in [4.69, 9.17) is 9.47 Å². The molecule has 4 rings (SSSR count). The number of unbranched alkanes of at least 4 members (excludes halogenated alkanes) is 8. The Hall–Kier alpha value is -2.03. The highest BCUT2D eigenvalue weighted by molar-refractivity contribution is 5.96. The Balaban J connectivity index is 1.64. The molecule has 2 bridgehead atoms. The lowest BCUT2D eigenvalue weighted by atomic mass is 9.59. The van der Waals surface area contributed by atoms with Gasteiger partial charge in [-0.2, -0.15) is 0 Å². The number of Topliss-reactive ketones (excluding diaryl/α,β-unsaturated/α-hetero) is 1. The van der Waals surface area contributed by atoms with E-state index in [9.17, 15) is 29.7 Å². The van der Waals surface area contributed by atoms with Gasteiger partial charge in [0.05, 0.1) is 12.0 Å². The molecule has 0 saturated heterocycles. The predicted molar refractivity (Wildman–Crippen MR) is 167 cm³/mol. The highest BCUT2D eigenvalue weighted by atomic mass is 16.6. The lowest BCUT2D eigenvalue weighted by molar-refractivity contribution is -0.204. The maximum absolute atomic E-state index is 14.8. The standard InChI is InChI=1S/C36H56O8/c1-7-9-11-12-13-14-16-18-28(39)44-35-21-24(4)34-20-23(3)32(43-27(38)17-15-10-8-2)36(34,42)30(40)25(22-37)19-26(31(34)41)29(35)33(35,5)6/h19-20,24,26,29-30,32,37,40,42H,7-18,21-22H2,1-6H3/t24-,26+,29-,30-,32+,34+,35+,36+/m1/s1. The summed E-state index contributed by atoms with van der Waals surface area (Å²) < 4.78 is 12.3. The van der Waals surface area contributed by atoms with E-state index >= 15 is 0 Å². The molecule has 3 N–H and O–H groups in total. The van der Waals surface area contributed by atoms with Crippen molar-refractivity contribution in [2.24, 2.45) is 28.6 Å². The van der Waals surface area contributed by atoms with Crippen molar-refractivity contribution in [1.82, 2.24) is 0 Å². The first kappa shape index (κ1) is 34.8. The summed E-state index contributed by atoms with van der Waals surface area (Å²) in [4.78, 5) is 41.0. The van der Waals surface area contributed by atoms with Crippen molar-refractivity contribution in [3.05, 3.63) is 23.3 Å². The highest BCUT2D eigenvalue weighted by Crippen LogP contribution is 2.75. The third-order valence-corrected chi connectivity index (χ3v) is 11.5. The van der Waals surface area contributed by atoms with Crippen molar-refractivity contribution < 1.29 is 39.2 Å². The molecular formula is C36H56O8. The average Bonchev–Trinajstić information content (AvgIpc) is 3.37. The number of hydrogen-bond donors (Lipinski definition) is 3. The third kappa shape index (κ3) is 5.51. The van der Waals surface area contributed by atoms with E-state index in [-0.39, 0.29) is 29.7 Å². The summed E-state index contributed by atoms with van der Waals surface area (Å²) >= 11 is 0. The molecule has 4 aliphatic rings. The molecule has 0 aromatic heterocycles. The highest BCUT2D eigenvalue weighted by Gasteiger charge is 2.83. The molecule has 44 heavy (non-hydrogen) atoms. The van der Waals surface area contributed by atoms with Gasteiger partial charge in [-0.3, -0.25) is 14.4 Å². The van der Waals surface area contributed by atoms with E-state index in [2.05, 4.69) is 6.92 Å². The zero-order valence-corrected chi connectivity index (χ0v) is 27.8. The van der Waals surface area contributed by atoms with E-state index < -0.39 is 58.7 Å². The van der Waals surface area contributed by atoms with Gasteiger partial charge in [0.2, 0.25) is 0 Å². The van der Waals surface area contributed by atoms with E-state index in [1.807, 2.05) is 27.7 Å². The number of carbonyl (C=O) groups is 3. The van der Waals surface area contributed by atoms with E-state index in [1.165, 1.54) is 25.7 Å². The molecule has 2 fully saturated rings. The second-order valence-electron chi connectivity index (χ2n) is 14.6. The van der Waals surface area contributed by atoms with Crippen molar-refractivity contribution in [3.8, 4) is 0 Å². The fourth-order valence-electron chi connectivity index (χ4n) is 9.08. The van der Waals surface area contributed by atoms with Crippen molar-refractivity contribution in [1.29, 1.82) is 0 Å². The summed E-state index contributed by atoms with van der Waals surface area (Å²) in [6, 6.07) is 0. The Morgan fingerprint density at radius 2 is 1.52 bits per heavy atom. The van der Waals surface area contributed by atoms with E-state index in [0.29, 0.717) is 24.8 Å². The Morgan fingerprint density at radius 1 is 0.955 bits per heavy atom. The summed E-state index contributed by atoms with van der Waals surface area (Å²) in [5, 5.41) is 34.8. The number of esters is 2. The van der Waals surface area contributed by atoms with Crippen LogP contribution in [0.4, 0.5) is 0 Å². The first-order valence-corrected chi connectivity index (χ1v) is 17.2. The fourth-order valence-corrected chi connectivity index (χ4v) is 9.08. The number of aliphatic hydroxyl groups is 3. The number of hydrogen-bond acceptors (Lipinski definition) is 8. The van der Waals surface area contributed by atoms with Gasteiger partial charge in [-0.05, 0) is 43.3 Å². The molecule has 248 valence electrons. The van der Waals surface area contributed by atoms with Gasteiger partial charge < -0.3 is 24.8 Å². The second kappa shape index (κ2) is 13.4. The number of aliphatic hydroxyl groups excluding tert-OH is 2. The van der Waals surface area contributed by atoms with Crippen LogP contribution in [0.1, 0.15) is 125 Å². The van der Waals surface area contributed by atoms with Crippen LogP contribution in [-0.4, -0.2) is 63.1 Å². The van der Waals surface area contributed by atoms with Gasteiger partial charge in [-0.25, -0.2) is 0 Å². The molecule has 4 aliphatic carbocycles. The lowest BCUT2D eigenvalue weighted by Gasteiger charge is -2.49. The number of ketones is 1. The van der Waals surface area contributed by atoms with Gasteiger partial charge in [-0.1, -0.05) is 98.1 Å². The summed E-state index contributed by atoms with van der Waals surface area (Å²) in [6.45, 7) is 11.2. The molecule has 0 amide bonds. The van der Waals surface area contributed by atoms with Crippen molar-refractivity contribution in [3.63, 3.8) is 0 Å². The molecular weight excluding hydrogens is 560 g/mol. The molecule has 8 nitrogen and oxygen atoms in total. The van der Waals surface area contributed by atoms with Crippen LogP contribution in [0.3, 0.4) is 0 Å². The van der Waals surface area contributed by atoms with Crippen LogP contribution in [-0.2, 0) is 23.9 Å². The van der Waals surface area contributed by atoms with Gasteiger partial charge in [0.15, 0.2) is 17.5 Å². The summed E-state index contributed by atoms with van der Waals surface area (Å²) in [6.07, 6.45) is 11.2. The minimum absolute atomic E-state index is 0.114. The molecule has 2 saturated carbocycles. The first-order chi connectivity index (χ1) is 20.8. The van der Waals surface area contributed by atoms with Crippen LogP contribution in [0.25, 0.3) is 0 Å². The third-order valence-electron chi connectivity index (χ3n) is 11.5. The van der Waals surface area contributed by atoms with Crippen molar-refractivity contribution >= 4 is 17.7 Å². The maximum Gasteiger partial charge on any atom is 0.306 e. The quantitative estimate of drug-likeness (QED) is 0.120. The zero-order valence-electron chi connectivity index (χ0n) is 27.8. The first-order valence-electron chi connectivity index (χ1n) is 17.2. The smallest absolute Gasteiger partial charge is 0.306 e. The Labute approximate surface area is 263 Å². The zero-order chi connectivity index (χ0) is 32.5. The van der Waals surface area contributed by atoms with E-state index in [1.54, 1.807) is 19.1 Å². The van der Waals surface area contributed by atoms with Crippen molar-refractivity contribution in [2.45, 2.75) is 148 Å². The van der Waals surface area contributed by atoms with Crippen LogP contribution >= 0.6 is 0 Å². The Morgan fingerprint density at radius 3 is 2.16 bits per heavy atom. The predicted octanol–water partition coefficient (Wildman–Crippen LogP) is 5.75. The van der Waals surface area contributed by atoms with Crippen LogP contribution in [0.2, 0.25) is 0 Å². The SMILES string of the molecule is CCCCCCCCCC(=O)O[C@@]12C[C@@H](C)[C@]34C=C(C)[C@H](OC(=O)CCCCC)[C@@]3(O)[C@H](O)C(CO)=C[C@H](C4=O)[C@@H]1C2(C)C. The second-order valence-corrected chi connectivity index (χ2v) is 14.6.